The van der Waals surface area contributed by atoms with E-state index in [1.54, 1.807) is 0 Å². The summed E-state index contributed by atoms with van der Waals surface area (Å²) in [4.78, 5) is 0. The number of halogens is 10. The summed E-state index contributed by atoms with van der Waals surface area (Å²) < 4.78 is 5.67. The summed E-state index contributed by atoms with van der Waals surface area (Å²) >= 11 is -4.13. The Morgan fingerprint density at radius 3 is 0.818 bits per heavy atom. The van der Waals surface area contributed by atoms with Crippen LogP contribution in [0.25, 0.3) is 118 Å². The molecule has 772 valence electrons. The molecule has 0 aromatic heterocycles. The summed E-state index contributed by atoms with van der Waals surface area (Å²) in [5.74, 6) is 0. The van der Waals surface area contributed by atoms with E-state index in [1.165, 1.54) is 289 Å². The molecule has 0 atom stereocenters. The Morgan fingerprint density at radius 1 is 0.243 bits per heavy atom. The molecule has 0 spiro atoms. The molecule has 21 rings (SSSR count). The van der Waals surface area contributed by atoms with Gasteiger partial charge in [0.05, 0.1) is 5.60 Å². The molecule has 148 heavy (non-hydrogen) atoms. The fourth-order valence-corrected chi connectivity index (χ4v) is 17.9. The monoisotopic (exact) mass is 2550 g/mol. The maximum Gasteiger partial charge on any atom is -0.0771 e. The standard InChI is InChI=1S/C21H25.2C19H21.C14H23O.2C13H9.C10H9.2C9H13.C5H5.10ClH.5Zr/c1-20(2,3)16-7-9-18-14(12-16)11-15-13-17(21(4,5)6)8-10-19(15)18;2*1-2-3-4-5-8-15-11-12-19-17(13-15)14-16-9-6-7-10-18(16)19;1-14(2,3)15-12-8-4-5-9-13-10-6-7-11-13;2*1-3-7-12-10(5-1)9-11-6-2-4-8-13(11)12;1-8-6-9-4-2-3-5-10(9)7-8;1-6-5-7(2)9(4)8(6)3;1-2-3-6-9-7-4-5-8-9;1-2-4-5-3-1;;;;;;;;;;;;;;;/h7-13H,1-6H3;2*6-7,9-14H,2-5,8H2,1H3;6-7,10-11H,4-5,8-9,12H2,1-3H3;2*1-9H;2-7H,1H3;5H,1-4H3;4-5,7-8H,2-3,6H2,1H3;1-5H;10*1H;;;;;/q10*-1;;;;;;;;;;;5*+4/p-10. The van der Waals surface area contributed by atoms with Crippen LogP contribution in [0.4, 0.5) is 0 Å². The van der Waals surface area contributed by atoms with Crippen molar-refractivity contribution in [2.75, 3.05) is 6.61 Å². The summed E-state index contributed by atoms with van der Waals surface area (Å²) in [6, 6.07) is 133. The van der Waals surface area contributed by atoms with Crippen molar-refractivity contribution in [2.24, 2.45) is 0 Å². The van der Waals surface area contributed by atoms with Crippen LogP contribution in [0.1, 0.15) is 228 Å². The smallest absolute Gasteiger partial charge is 0.0771 e. The number of unbranched alkanes of at least 4 members (excludes halogenated alkanes) is 9. The minimum Gasteiger partial charge on any atom is -0.214 e. The summed E-state index contributed by atoms with van der Waals surface area (Å²) in [7, 11) is 49.3. The first kappa shape index (κ1) is 130. The molecule has 0 bridgehead atoms. The topological polar surface area (TPSA) is 9.23 Å². The van der Waals surface area contributed by atoms with E-state index in [0.29, 0.717) is 0 Å². The molecule has 0 saturated heterocycles. The fourth-order valence-electron chi connectivity index (χ4n) is 17.9. The normalized spacial score (nSPS) is 10.5. The average Bonchev–Trinajstić information content (AvgIpc) is 1.62. The molecule has 21 aromatic rings. The van der Waals surface area contributed by atoms with Crippen LogP contribution in [0.15, 0.2) is 370 Å². The van der Waals surface area contributed by atoms with Crippen molar-refractivity contribution in [3.05, 3.63) is 431 Å². The number of ether oxygens (including phenoxy) is 1. The molecule has 0 aliphatic carbocycles. The zero-order valence-electron chi connectivity index (χ0n) is 89.6. The fraction of sp³-hybridized carbons (Fsp3) is 0.288. The van der Waals surface area contributed by atoms with Gasteiger partial charge < -0.3 is 4.74 Å². The second-order valence-corrected chi connectivity index (χ2v) is 58.7. The van der Waals surface area contributed by atoms with Gasteiger partial charge in [-0.1, -0.05) is 360 Å². The van der Waals surface area contributed by atoms with Crippen molar-refractivity contribution >= 4 is 204 Å². The number of hydrogen-bond donors (Lipinski definition) is 0. The van der Waals surface area contributed by atoms with E-state index >= 15 is 0 Å². The quantitative estimate of drug-likeness (QED) is 0.0579. The van der Waals surface area contributed by atoms with Gasteiger partial charge in [0.25, 0.3) is 0 Å². The van der Waals surface area contributed by atoms with Crippen LogP contribution in [-0.4, -0.2) is 12.2 Å². The Bertz CT molecular complexity index is 6640. The van der Waals surface area contributed by atoms with Gasteiger partial charge in [0.2, 0.25) is 0 Å². The Balaban J connectivity index is 0.000000222. The van der Waals surface area contributed by atoms with Crippen LogP contribution in [0.5, 0.6) is 0 Å². The Hall–Kier alpha value is -4.94. The zero-order chi connectivity index (χ0) is 108. The van der Waals surface area contributed by atoms with Crippen LogP contribution < -0.4 is 0 Å². The molecular weight excluding hydrogens is 2410 g/mol. The van der Waals surface area contributed by atoms with Gasteiger partial charge in [-0.15, -0.1) is 239 Å². The molecule has 0 aliphatic heterocycles. The number of hydrogen-bond acceptors (Lipinski definition) is 1. The molecule has 0 radical (unpaired) electrons. The van der Waals surface area contributed by atoms with E-state index in [1.807, 2.05) is 30.3 Å². The molecule has 0 saturated carbocycles. The van der Waals surface area contributed by atoms with Crippen molar-refractivity contribution in [3.8, 4) is 0 Å². The predicted octanol–water partition coefficient (Wildman–Crippen LogP) is 45.9. The first-order chi connectivity index (χ1) is 71.4. The van der Waals surface area contributed by atoms with Crippen LogP contribution in [0.3, 0.4) is 0 Å². The molecule has 21 aromatic carbocycles. The number of aryl methyl sites for hydroxylation is 7. The molecule has 0 amide bonds. The Kier molecular flexibility index (Phi) is 63.9. The van der Waals surface area contributed by atoms with Gasteiger partial charge in [-0.2, -0.15) is 100 Å². The average molecular weight is 2560 g/mol. The van der Waals surface area contributed by atoms with Gasteiger partial charge in [-0.05, 0) is 63.7 Å². The van der Waals surface area contributed by atoms with Gasteiger partial charge in [0.1, 0.15) is 0 Å². The molecule has 0 unspecified atom stereocenters. The second kappa shape index (κ2) is 72.8. The molecule has 0 heterocycles. The summed E-state index contributed by atoms with van der Waals surface area (Å²) in [6.07, 6.45) is 22.0. The van der Waals surface area contributed by atoms with Gasteiger partial charge in [-0.3, -0.25) is 0 Å². The SMILES string of the molecule is CC(C)(C)OCCCCCc1cc[cH-]c1.CC(C)(C)c1ccc2c(c1)[cH-]c1cc(C(C)(C)C)ccc12.CCCCCCc1ccc2c(c1)[cH-]c1ccccc12.CCCCCCc1ccc2c(c1)[cH-]c1ccccc12.CCCCc1cc[cH-]c1.Cc1[cH-]c(C)c(C)c1C.Cc1cc2ccccc2[cH-]1.[Cl][Zr+2][Cl].[Cl][Zr+2][Cl].[Cl][Zr+2][Cl].[Cl][Zr+2][Cl].[Cl][Zr+2][Cl].c1cc[cH-]c1.c1ccc2c(c1)[cH-]c1ccccc12.c1ccc2c(c1)[cH-]c1ccccc12. The summed E-state index contributed by atoms with van der Waals surface area (Å²) in [6.45, 7) is 38.4. The molecule has 1 nitrogen and oxygen atoms in total. The van der Waals surface area contributed by atoms with Gasteiger partial charge in [-0.25, -0.2) is 24.3 Å². The van der Waals surface area contributed by atoms with Crippen molar-refractivity contribution in [1.29, 1.82) is 0 Å². The predicted molar refractivity (Wildman–Crippen MR) is 650 cm³/mol. The largest absolute Gasteiger partial charge is 0.214 e. The van der Waals surface area contributed by atoms with Crippen LogP contribution >= 0.6 is 85.1 Å². The first-order valence-electron chi connectivity index (χ1n) is 51.6. The summed E-state index contributed by atoms with van der Waals surface area (Å²) in [5, 5.41) is 30.0. The minimum absolute atomic E-state index is 0.0195. The van der Waals surface area contributed by atoms with Crippen molar-refractivity contribution < 1.29 is 109 Å². The first-order valence-corrected chi connectivity index (χ1v) is 83.3. The minimum atomic E-state index is -0.826. The Labute approximate surface area is 980 Å². The third-order valence-electron chi connectivity index (χ3n) is 25.9. The second-order valence-electron chi connectivity index (χ2n) is 40.0. The van der Waals surface area contributed by atoms with E-state index in [2.05, 4.69) is 457 Å². The molecule has 0 N–H and O–H groups in total. The van der Waals surface area contributed by atoms with E-state index in [4.69, 9.17) is 89.9 Å². The van der Waals surface area contributed by atoms with Crippen molar-refractivity contribution in [1.82, 2.24) is 0 Å². The van der Waals surface area contributed by atoms with E-state index in [-0.39, 0.29) is 16.4 Å². The third-order valence-corrected chi connectivity index (χ3v) is 25.9. The van der Waals surface area contributed by atoms with Gasteiger partial charge in [0, 0.05) is 6.61 Å². The summed E-state index contributed by atoms with van der Waals surface area (Å²) in [5.41, 5.74) is 16.2. The van der Waals surface area contributed by atoms with Crippen molar-refractivity contribution in [2.45, 2.75) is 243 Å². The van der Waals surface area contributed by atoms with Crippen LogP contribution in [0.2, 0.25) is 0 Å². The van der Waals surface area contributed by atoms with Crippen molar-refractivity contribution in [3.63, 3.8) is 0 Å². The Morgan fingerprint density at radius 2 is 0.527 bits per heavy atom. The molecule has 0 aliphatic rings. The molecular formula is C132H148Cl10OZr5. The van der Waals surface area contributed by atoms with E-state index in [0.717, 1.165) is 6.61 Å². The molecule has 16 heteroatoms. The maximum absolute atomic E-state index is 5.67. The van der Waals surface area contributed by atoms with E-state index in [9.17, 15) is 0 Å². The number of benzene rings is 11. The zero-order valence-corrected chi connectivity index (χ0v) is 109. The van der Waals surface area contributed by atoms with E-state index < -0.39 is 104 Å². The van der Waals surface area contributed by atoms with Gasteiger partial charge >= 0.3 is 189 Å². The van der Waals surface area contributed by atoms with Gasteiger partial charge in [0.15, 0.2) is 0 Å². The molecule has 0 fully saturated rings. The van der Waals surface area contributed by atoms with Crippen LogP contribution in [0, 0.1) is 34.6 Å². The number of rotatable bonds is 19. The number of fused-ring (bicyclic) bond motifs is 16. The maximum atomic E-state index is 5.67. The van der Waals surface area contributed by atoms with Crippen LogP contribution in [-0.2, 0) is 145 Å². The third kappa shape index (κ3) is 46.1.